The largest absolute Gasteiger partial charge is 0.482 e. The minimum Gasteiger partial charge on any atom is -0.482 e. The molecule has 9 heteroatoms. The highest BCUT2D eigenvalue weighted by Gasteiger charge is 2.30. The van der Waals surface area contributed by atoms with Crippen molar-refractivity contribution in [2.24, 2.45) is 0 Å². The Morgan fingerprint density at radius 1 is 0.846 bits per heavy atom. The molecule has 0 bridgehead atoms. The fourth-order valence-corrected chi connectivity index (χ4v) is 5.14. The molecule has 2 aromatic carbocycles. The molecule has 6 rings (SSSR count). The van der Waals surface area contributed by atoms with Crippen LogP contribution in [0, 0.1) is 0 Å². The number of fused-ring (bicyclic) bond motifs is 2. The Morgan fingerprint density at radius 3 is 2.41 bits per heavy atom. The van der Waals surface area contributed by atoms with Crippen molar-refractivity contribution in [2.45, 2.75) is 39.3 Å². The number of rotatable bonds is 5. The molecule has 3 aliphatic rings. The Balaban J connectivity index is 1.08. The number of carbonyl (C=O) groups is 2. The van der Waals surface area contributed by atoms with Gasteiger partial charge in [0.2, 0.25) is 6.79 Å². The maximum atomic E-state index is 13.2. The molecule has 2 amide bonds. The Morgan fingerprint density at radius 2 is 1.62 bits per heavy atom. The maximum Gasteiger partial charge on any atom is 0.289 e. The first-order chi connectivity index (χ1) is 18.7. The molecule has 0 spiro atoms. The second kappa shape index (κ2) is 9.96. The summed E-state index contributed by atoms with van der Waals surface area (Å²) in [5, 5.41) is 0. The van der Waals surface area contributed by atoms with E-state index in [0.717, 1.165) is 47.9 Å². The van der Waals surface area contributed by atoms with Gasteiger partial charge >= 0.3 is 0 Å². The van der Waals surface area contributed by atoms with Crippen molar-refractivity contribution >= 4 is 17.5 Å². The predicted octanol–water partition coefficient (Wildman–Crippen LogP) is 4.19. The number of hydrogen-bond donors (Lipinski definition) is 0. The summed E-state index contributed by atoms with van der Waals surface area (Å²) < 4.78 is 22.5. The SMILES string of the molecule is CC(C)(C)c1ccc2c(c1)N(Cc1ccc(C(=O)N3CCN(Cc4ccc5c(c4)OCO5)CC3)o1)C(=O)CO2. The van der Waals surface area contributed by atoms with Crippen molar-refractivity contribution in [3.63, 3.8) is 0 Å². The average Bonchev–Trinajstić information content (AvgIpc) is 3.59. The molecule has 204 valence electrons. The van der Waals surface area contributed by atoms with Crippen LogP contribution in [0.5, 0.6) is 17.2 Å². The van der Waals surface area contributed by atoms with Crippen LogP contribution in [0.25, 0.3) is 0 Å². The first-order valence-electron chi connectivity index (χ1n) is 13.3. The lowest BCUT2D eigenvalue weighted by Gasteiger charge is -2.34. The van der Waals surface area contributed by atoms with Gasteiger partial charge in [0, 0.05) is 32.7 Å². The number of hydrogen-bond acceptors (Lipinski definition) is 7. The molecule has 3 aliphatic heterocycles. The molecule has 0 N–H and O–H groups in total. The topological polar surface area (TPSA) is 84.7 Å². The Hall–Kier alpha value is -3.98. The highest BCUT2D eigenvalue weighted by molar-refractivity contribution is 5.98. The number of nitrogens with zero attached hydrogens (tertiary/aromatic N) is 3. The second-order valence-electron chi connectivity index (χ2n) is 11.2. The molecule has 3 aromatic rings. The second-order valence-corrected chi connectivity index (χ2v) is 11.2. The van der Waals surface area contributed by atoms with Crippen LogP contribution in [0.2, 0.25) is 0 Å². The first-order valence-corrected chi connectivity index (χ1v) is 13.3. The molecular formula is C30H33N3O6. The van der Waals surface area contributed by atoms with Crippen LogP contribution in [-0.4, -0.2) is 61.2 Å². The fraction of sp³-hybridized carbons (Fsp3) is 0.400. The van der Waals surface area contributed by atoms with Gasteiger partial charge in [0.05, 0.1) is 12.2 Å². The number of anilines is 1. The smallest absolute Gasteiger partial charge is 0.289 e. The maximum absolute atomic E-state index is 13.2. The molecule has 1 aromatic heterocycles. The summed E-state index contributed by atoms with van der Waals surface area (Å²) in [6.45, 7) is 10.4. The van der Waals surface area contributed by atoms with Gasteiger partial charge in [-0.1, -0.05) is 32.9 Å². The van der Waals surface area contributed by atoms with Crippen LogP contribution in [0.1, 0.15) is 48.2 Å². The van der Waals surface area contributed by atoms with E-state index in [-0.39, 0.29) is 37.2 Å². The van der Waals surface area contributed by atoms with E-state index < -0.39 is 0 Å². The van der Waals surface area contributed by atoms with Crippen LogP contribution in [-0.2, 0) is 23.3 Å². The van der Waals surface area contributed by atoms with E-state index in [1.54, 1.807) is 17.0 Å². The number of amides is 2. The number of ether oxygens (including phenoxy) is 3. The third-order valence-electron chi connectivity index (χ3n) is 7.46. The molecule has 4 heterocycles. The van der Waals surface area contributed by atoms with E-state index in [2.05, 4.69) is 31.7 Å². The quantitative estimate of drug-likeness (QED) is 0.488. The molecular weight excluding hydrogens is 498 g/mol. The Kier molecular flexibility index (Phi) is 6.46. The zero-order chi connectivity index (χ0) is 27.1. The van der Waals surface area contributed by atoms with Gasteiger partial charge in [0.25, 0.3) is 11.8 Å². The monoisotopic (exact) mass is 531 g/mol. The van der Waals surface area contributed by atoms with E-state index in [1.165, 1.54) is 0 Å². The summed E-state index contributed by atoms with van der Waals surface area (Å²) in [6, 6.07) is 15.4. The summed E-state index contributed by atoms with van der Waals surface area (Å²) in [5.41, 5.74) is 2.92. The lowest BCUT2D eigenvalue weighted by atomic mass is 9.86. The van der Waals surface area contributed by atoms with Crippen molar-refractivity contribution in [2.75, 3.05) is 44.5 Å². The van der Waals surface area contributed by atoms with E-state index in [1.807, 2.05) is 35.2 Å². The minimum absolute atomic E-state index is 0.0229. The van der Waals surface area contributed by atoms with Gasteiger partial charge in [-0.15, -0.1) is 0 Å². The molecule has 0 radical (unpaired) electrons. The van der Waals surface area contributed by atoms with Gasteiger partial charge in [-0.05, 0) is 52.9 Å². The zero-order valence-corrected chi connectivity index (χ0v) is 22.6. The van der Waals surface area contributed by atoms with Gasteiger partial charge in [0.1, 0.15) is 11.5 Å². The van der Waals surface area contributed by atoms with Crippen LogP contribution >= 0.6 is 0 Å². The number of benzene rings is 2. The molecule has 0 saturated carbocycles. The molecule has 0 unspecified atom stereocenters. The van der Waals surface area contributed by atoms with Crippen LogP contribution < -0.4 is 19.1 Å². The normalized spacial score (nSPS) is 17.3. The highest BCUT2D eigenvalue weighted by atomic mass is 16.7. The molecule has 0 aliphatic carbocycles. The highest BCUT2D eigenvalue weighted by Crippen LogP contribution is 2.37. The van der Waals surface area contributed by atoms with Gasteiger partial charge in [-0.3, -0.25) is 19.4 Å². The predicted molar refractivity (Wildman–Crippen MR) is 144 cm³/mol. The van der Waals surface area contributed by atoms with E-state index in [4.69, 9.17) is 18.6 Å². The van der Waals surface area contributed by atoms with Gasteiger partial charge in [-0.25, -0.2) is 0 Å². The summed E-state index contributed by atoms with van der Waals surface area (Å²) in [4.78, 5) is 31.8. The summed E-state index contributed by atoms with van der Waals surface area (Å²) >= 11 is 0. The Labute approximate surface area is 227 Å². The summed E-state index contributed by atoms with van der Waals surface area (Å²) in [5.74, 6) is 2.81. The standard InChI is InChI=1S/C30H33N3O6/c1-30(2,3)21-5-8-24-23(15-21)33(28(34)18-36-24)17-22-6-9-26(39-22)29(35)32-12-10-31(11-13-32)16-20-4-7-25-27(14-20)38-19-37-25/h4-9,14-15H,10-13,16-19H2,1-3H3. The zero-order valence-electron chi connectivity index (χ0n) is 22.6. The number of piperazine rings is 1. The van der Waals surface area contributed by atoms with Gasteiger partial charge in [0.15, 0.2) is 23.9 Å². The van der Waals surface area contributed by atoms with E-state index >= 15 is 0 Å². The summed E-state index contributed by atoms with van der Waals surface area (Å²) in [6.07, 6.45) is 0. The molecule has 9 nitrogen and oxygen atoms in total. The van der Waals surface area contributed by atoms with Crippen molar-refractivity contribution in [3.05, 3.63) is 71.2 Å². The van der Waals surface area contributed by atoms with Gasteiger partial charge < -0.3 is 23.5 Å². The number of carbonyl (C=O) groups excluding carboxylic acids is 2. The molecule has 1 fully saturated rings. The van der Waals surface area contributed by atoms with Crippen LogP contribution in [0.4, 0.5) is 5.69 Å². The summed E-state index contributed by atoms with van der Waals surface area (Å²) in [7, 11) is 0. The number of furan rings is 1. The van der Waals surface area contributed by atoms with Gasteiger partial charge in [-0.2, -0.15) is 0 Å². The van der Waals surface area contributed by atoms with Crippen LogP contribution in [0.15, 0.2) is 52.9 Å². The third kappa shape index (κ3) is 5.18. The third-order valence-corrected chi connectivity index (χ3v) is 7.46. The van der Waals surface area contributed by atoms with E-state index in [9.17, 15) is 9.59 Å². The molecule has 0 atom stereocenters. The Bertz CT molecular complexity index is 1400. The fourth-order valence-electron chi connectivity index (χ4n) is 5.14. The van der Waals surface area contributed by atoms with Crippen LogP contribution in [0.3, 0.4) is 0 Å². The molecule has 39 heavy (non-hydrogen) atoms. The van der Waals surface area contributed by atoms with E-state index in [0.29, 0.717) is 30.4 Å². The van der Waals surface area contributed by atoms with Crippen molar-refractivity contribution in [1.29, 1.82) is 0 Å². The first kappa shape index (κ1) is 25.3. The average molecular weight is 532 g/mol. The lowest BCUT2D eigenvalue weighted by Crippen LogP contribution is -2.48. The van der Waals surface area contributed by atoms with Crippen molar-refractivity contribution in [1.82, 2.24) is 9.80 Å². The van der Waals surface area contributed by atoms with Crippen molar-refractivity contribution < 1.29 is 28.2 Å². The van der Waals surface area contributed by atoms with Crippen molar-refractivity contribution in [3.8, 4) is 17.2 Å². The molecule has 1 saturated heterocycles. The minimum atomic E-state index is -0.142. The lowest BCUT2D eigenvalue weighted by molar-refractivity contribution is -0.121.